The molecule has 0 aliphatic carbocycles. The minimum atomic E-state index is -0.0371. The Morgan fingerprint density at radius 3 is 2.17 bits per heavy atom. The van der Waals surface area contributed by atoms with Crippen LogP contribution >= 0.6 is 0 Å². The van der Waals surface area contributed by atoms with Crippen molar-refractivity contribution in [1.29, 1.82) is 0 Å². The van der Waals surface area contributed by atoms with E-state index in [1.54, 1.807) is 0 Å². The Kier molecular flexibility index (Phi) is 7.42. The number of carbonyl (C=O) groups excluding carboxylic acids is 1. The van der Waals surface area contributed by atoms with Crippen molar-refractivity contribution in [2.24, 2.45) is 0 Å². The Labute approximate surface area is 208 Å². The van der Waals surface area contributed by atoms with E-state index in [0.717, 1.165) is 36.3 Å². The molecular formula is C31H35NO3. The van der Waals surface area contributed by atoms with E-state index in [1.807, 2.05) is 72.8 Å². The van der Waals surface area contributed by atoms with Gasteiger partial charge in [-0.2, -0.15) is 0 Å². The van der Waals surface area contributed by atoms with E-state index in [4.69, 9.17) is 9.15 Å². The maximum absolute atomic E-state index is 13.7. The lowest BCUT2D eigenvalue weighted by molar-refractivity contribution is 0.104. The van der Waals surface area contributed by atoms with Crippen LogP contribution in [0, 0.1) is 0 Å². The second kappa shape index (κ2) is 10.5. The molecule has 4 nitrogen and oxygen atoms in total. The van der Waals surface area contributed by atoms with Crippen molar-refractivity contribution in [3.8, 4) is 17.1 Å². The molecule has 4 aromatic rings. The molecule has 3 aromatic carbocycles. The summed E-state index contributed by atoms with van der Waals surface area (Å²) in [5.74, 6) is 1.36. The molecule has 0 bridgehead atoms. The van der Waals surface area contributed by atoms with Gasteiger partial charge in [-0.15, -0.1) is 0 Å². The standard InChI is InChI=1S/C31H35NO3/c1-6-32(7-2)20-21-34-25-18-14-23(15-19-25)30-28(26-10-8-9-11-27(26)35-30)29(33)22-12-16-24(17-13-22)31(3,4)5/h8-19H,6-7,20-21H2,1-5H3. The van der Waals surface area contributed by atoms with Gasteiger partial charge in [-0.05, 0) is 54.4 Å². The molecule has 1 aromatic heterocycles. The molecule has 0 spiro atoms. The molecule has 182 valence electrons. The van der Waals surface area contributed by atoms with Gasteiger partial charge in [-0.25, -0.2) is 0 Å². The number of rotatable bonds is 9. The minimum Gasteiger partial charge on any atom is -0.492 e. The lowest BCUT2D eigenvalue weighted by Gasteiger charge is -2.19. The average molecular weight is 470 g/mol. The molecule has 0 unspecified atom stereocenters. The minimum absolute atomic E-state index is 0.0320. The van der Waals surface area contributed by atoms with Crippen molar-refractivity contribution in [1.82, 2.24) is 4.90 Å². The highest BCUT2D eigenvalue weighted by Crippen LogP contribution is 2.36. The first-order chi connectivity index (χ1) is 16.8. The predicted octanol–water partition coefficient (Wildman–Crippen LogP) is 7.35. The molecule has 0 saturated carbocycles. The highest BCUT2D eigenvalue weighted by Gasteiger charge is 2.24. The van der Waals surface area contributed by atoms with Gasteiger partial charge in [-0.1, -0.05) is 77.1 Å². The van der Waals surface area contributed by atoms with Crippen LogP contribution in [0.2, 0.25) is 0 Å². The van der Waals surface area contributed by atoms with Crippen molar-refractivity contribution in [2.45, 2.75) is 40.0 Å². The third-order valence-corrected chi connectivity index (χ3v) is 6.52. The van der Waals surface area contributed by atoms with Gasteiger partial charge in [0.15, 0.2) is 5.78 Å². The Morgan fingerprint density at radius 2 is 1.54 bits per heavy atom. The summed E-state index contributed by atoms with van der Waals surface area (Å²) in [6, 6.07) is 23.4. The Bertz CT molecular complexity index is 1270. The smallest absolute Gasteiger partial charge is 0.197 e. The van der Waals surface area contributed by atoms with Gasteiger partial charge >= 0.3 is 0 Å². The predicted molar refractivity (Wildman–Crippen MR) is 144 cm³/mol. The fraction of sp³-hybridized carbons (Fsp3) is 0.323. The quantitative estimate of drug-likeness (QED) is 0.240. The SMILES string of the molecule is CCN(CC)CCOc1ccc(-c2oc3ccccc3c2C(=O)c2ccc(C(C)(C)C)cc2)cc1. The average Bonchev–Trinajstić information content (AvgIpc) is 3.26. The monoisotopic (exact) mass is 469 g/mol. The summed E-state index contributed by atoms with van der Waals surface area (Å²) < 4.78 is 12.2. The van der Waals surface area contributed by atoms with E-state index in [0.29, 0.717) is 29.1 Å². The number of benzene rings is 3. The first kappa shape index (κ1) is 24.7. The van der Waals surface area contributed by atoms with Crippen molar-refractivity contribution >= 4 is 16.8 Å². The molecule has 0 N–H and O–H groups in total. The Balaban J connectivity index is 1.63. The van der Waals surface area contributed by atoms with Gasteiger partial charge in [0.25, 0.3) is 0 Å². The zero-order chi connectivity index (χ0) is 25.0. The van der Waals surface area contributed by atoms with E-state index >= 15 is 0 Å². The van der Waals surface area contributed by atoms with Gasteiger partial charge in [0.2, 0.25) is 0 Å². The second-order valence-electron chi connectivity index (χ2n) is 9.86. The van der Waals surface area contributed by atoms with Crippen LogP contribution in [0.4, 0.5) is 0 Å². The molecule has 0 fully saturated rings. The summed E-state index contributed by atoms with van der Waals surface area (Å²) in [5, 5.41) is 0.826. The third-order valence-electron chi connectivity index (χ3n) is 6.52. The van der Waals surface area contributed by atoms with Crippen molar-refractivity contribution in [2.75, 3.05) is 26.2 Å². The van der Waals surface area contributed by atoms with Crippen molar-refractivity contribution < 1.29 is 13.9 Å². The van der Waals surface area contributed by atoms with Crippen LogP contribution in [0.5, 0.6) is 5.75 Å². The summed E-state index contributed by atoms with van der Waals surface area (Å²) in [6.45, 7) is 14.4. The summed E-state index contributed by atoms with van der Waals surface area (Å²) >= 11 is 0. The number of nitrogens with zero attached hydrogens (tertiary/aromatic N) is 1. The first-order valence-electron chi connectivity index (χ1n) is 12.4. The Morgan fingerprint density at radius 1 is 0.886 bits per heavy atom. The second-order valence-corrected chi connectivity index (χ2v) is 9.86. The molecule has 0 radical (unpaired) electrons. The van der Waals surface area contributed by atoms with Crippen LogP contribution in [0.1, 0.15) is 56.1 Å². The highest BCUT2D eigenvalue weighted by atomic mass is 16.5. The highest BCUT2D eigenvalue weighted by molar-refractivity contribution is 6.19. The zero-order valence-electron chi connectivity index (χ0n) is 21.4. The number of para-hydroxylation sites is 1. The molecule has 1 heterocycles. The first-order valence-corrected chi connectivity index (χ1v) is 12.4. The van der Waals surface area contributed by atoms with Crippen LogP contribution in [0.15, 0.2) is 77.2 Å². The number of ether oxygens (including phenoxy) is 1. The molecule has 0 aliphatic rings. The number of fused-ring (bicyclic) bond motifs is 1. The number of ketones is 1. The van der Waals surface area contributed by atoms with Crippen LogP contribution < -0.4 is 4.74 Å². The van der Waals surface area contributed by atoms with Gasteiger partial charge in [0.05, 0.1) is 5.56 Å². The maximum Gasteiger partial charge on any atom is 0.197 e. The summed E-state index contributed by atoms with van der Waals surface area (Å²) in [5.41, 5.74) is 4.04. The molecular weight excluding hydrogens is 434 g/mol. The topological polar surface area (TPSA) is 42.7 Å². The lowest BCUT2D eigenvalue weighted by Crippen LogP contribution is -2.27. The van der Waals surface area contributed by atoms with Crippen molar-refractivity contribution in [3.05, 3.63) is 89.5 Å². The number of hydrogen-bond acceptors (Lipinski definition) is 4. The molecule has 4 heteroatoms. The largest absolute Gasteiger partial charge is 0.492 e. The lowest BCUT2D eigenvalue weighted by atomic mass is 9.86. The van der Waals surface area contributed by atoms with Crippen LogP contribution in [-0.4, -0.2) is 36.9 Å². The molecule has 0 saturated heterocycles. The normalized spacial score (nSPS) is 11.8. The molecule has 0 aliphatic heterocycles. The summed E-state index contributed by atoms with van der Waals surface area (Å²) in [6.07, 6.45) is 0. The van der Waals surface area contributed by atoms with Crippen molar-refractivity contribution in [3.63, 3.8) is 0 Å². The van der Waals surface area contributed by atoms with Crippen LogP contribution in [-0.2, 0) is 5.41 Å². The van der Waals surface area contributed by atoms with Crippen LogP contribution in [0.3, 0.4) is 0 Å². The number of carbonyl (C=O) groups is 1. The zero-order valence-corrected chi connectivity index (χ0v) is 21.4. The molecule has 0 amide bonds. The molecule has 4 rings (SSSR count). The van der Waals surface area contributed by atoms with E-state index < -0.39 is 0 Å². The maximum atomic E-state index is 13.7. The Hall–Kier alpha value is -3.37. The van der Waals surface area contributed by atoms with E-state index in [1.165, 1.54) is 5.56 Å². The fourth-order valence-electron chi connectivity index (χ4n) is 4.28. The van der Waals surface area contributed by atoms with Gasteiger partial charge < -0.3 is 14.1 Å². The number of hydrogen-bond donors (Lipinski definition) is 0. The van der Waals surface area contributed by atoms with Gasteiger partial charge in [0, 0.05) is 23.1 Å². The number of furan rings is 1. The molecule has 35 heavy (non-hydrogen) atoms. The van der Waals surface area contributed by atoms with E-state index in [9.17, 15) is 4.79 Å². The van der Waals surface area contributed by atoms with Gasteiger partial charge in [0.1, 0.15) is 23.7 Å². The van der Waals surface area contributed by atoms with Gasteiger partial charge in [-0.3, -0.25) is 4.79 Å². The van der Waals surface area contributed by atoms with Crippen LogP contribution in [0.25, 0.3) is 22.3 Å². The third kappa shape index (κ3) is 5.49. The number of likely N-dealkylation sites (N-methyl/N-ethyl adjacent to an activating group) is 1. The fourth-order valence-corrected chi connectivity index (χ4v) is 4.28. The van der Waals surface area contributed by atoms with E-state index in [-0.39, 0.29) is 11.2 Å². The van der Waals surface area contributed by atoms with E-state index in [2.05, 4.69) is 39.5 Å². The summed E-state index contributed by atoms with van der Waals surface area (Å²) in [7, 11) is 0. The molecule has 0 atom stereocenters. The summed E-state index contributed by atoms with van der Waals surface area (Å²) in [4.78, 5) is 16.0.